The third-order valence-corrected chi connectivity index (χ3v) is 7.50. The Labute approximate surface area is 197 Å². The number of pyridine rings is 1. The fraction of sp³-hybridized carbons (Fsp3) is 0.455. The summed E-state index contributed by atoms with van der Waals surface area (Å²) >= 11 is 0.978. The maximum atomic E-state index is 14.7. The zero-order chi connectivity index (χ0) is 24.3. The van der Waals surface area contributed by atoms with E-state index in [4.69, 9.17) is 10.3 Å². The Bertz CT molecular complexity index is 1290. The van der Waals surface area contributed by atoms with Crippen molar-refractivity contribution in [1.29, 1.82) is 5.26 Å². The largest absolute Gasteiger partial charge is 0.389 e. The molecule has 12 heteroatoms. The Kier molecular flexibility index (Phi) is 5.29. The quantitative estimate of drug-likeness (QED) is 0.558. The number of piperazine rings is 1. The Hall–Kier alpha value is -3.17. The van der Waals surface area contributed by atoms with E-state index < -0.39 is 30.1 Å². The average Bonchev–Trinajstić information content (AvgIpc) is 3.38. The molecule has 3 aromatic rings. The monoisotopic (exact) mass is 489 g/mol. The molecule has 1 fully saturated rings. The summed E-state index contributed by atoms with van der Waals surface area (Å²) < 4.78 is 49.2. The number of alkyl halides is 2. The molecule has 5 rings (SSSR count). The molecular weight excluding hydrogens is 467 g/mol. The van der Waals surface area contributed by atoms with Crippen LogP contribution in [0.3, 0.4) is 0 Å². The Morgan fingerprint density at radius 3 is 2.65 bits per heavy atom. The van der Waals surface area contributed by atoms with Crippen LogP contribution in [0.2, 0.25) is 0 Å². The minimum absolute atomic E-state index is 0.0109. The van der Waals surface area contributed by atoms with Crippen molar-refractivity contribution >= 4 is 22.0 Å². The van der Waals surface area contributed by atoms with Gasteiger partial charge in [0.05, 0.1) is 11.0 Å². The van der Waals surface area contributed by atoms with E-state index in [1.807, 2.05) is 18.0 Å². The number of rotatable bonds is 3. The SMILES string of the molecule is CN1CCN(c2cc(F)nc(-c3noc(C4(C)CC(F)(F)Cc5sc(N)c(C#N)c54)n3)c2)CC1. The maximum Gasteiger partial charge on any atom is 0.254 e. The number of nitrogen functional groups attached to an aromatic ring is 1. The lowest BCUT2D eigenvalue weighted by atomic mass is 9.71. The van der Waals surface area contributed by atoms with Crippen LogP contribution in [-0.4, -0.2) is 59.2 Å². The fourth-order valence-electron chi connectivity index (χ4n) is 4.80. The predicted molar refractivity (Wildman–Crippen MR) is 120 cm³/mol. The Balaban J connectivity index is 1.55. The molecule has 3 aromatic heterocycles. The molecule has 34 heavy (non-hydrogen) atoms. The van der Waals surface area contributed by atoms with E-state index in [1.165, 1.54) is 13.0 Å². The second-order valence-corrected chi connectivity index (χ2v) is 10.2. The maximum absolute atomic E-state index is 14.7. The highest BCUT2D eigenvalue weighted by atomic mass is 32.1. The normalized spacial score (nSPS) is 22.4. The third kappa shape index (κ3) is 3.78. The zero-order valence-corrected chi connectivity index (χ0v) is 19.4. The summed E-state index contributed by atoms with van der Waals surface area (Å²) in [7, 11) is 2.02. The van der Waals surface area contributed by atoms with E-state index in [2.05, 4.69) is 20.0 Å². The van der Waals surface area contributed by atoms with Crippen molar-refractivity contribution in [3.8, 4) is 17.6 Å². The highest BCUT2D eigenvalue weighted by molar-refractivity contribution is 7.16. The summed E-state index contributed by atoms with van der Waals surface area (Å²) in [5.41, 5.74) is 5.84. The van der Waals surface area contributed by atoms with E-state index in [0.717, 1.165) is 37.5 Å². The molecule has 2 N–H and O–H groups in total. The van der Waals surface area contributed by atoms with Gasteiger partial charge in [0, 0.05) is 61.2 Å². The van der Waals surface area contributed by atoms with Crippen LogP contribution in [0.5, 0.6) is 0 Å². The number of thiophene rings is 1. The van der Waals surface area contributed by atoms with Gasteiger partial charge in [0.1, 0.15) is 16.8 Å². The van der Waals surface area contributed by atoms with Crippen LogP contribution in [0.4, 0.5) is 23.9 Å². The van der Waals surface area contributed by atoms with Gasteiger partial charge in [-0.3, -0.25) is 0 Å². The number of halogens is 3. The smallest absolute Gasteiger partial charge is 0.254 e. The summed E-state index contributed by atoms with van der Waals surface area (Å²) in [6, 6.07) is 5.04. The van der Waals surface area contributed by atoms with Gasteiger partial charge in [-0.15, -0.1) is 11.3 Å². The molecule has 0 saturated carbocycles. The number of nitrogens with zero attached hydrogens (tertiary/aromatic N) is 6. The molecule has 0 spiro atoms. The topological polar surface area (TPSA) is 108 Å². The fourth-order valence-corrected chi connectivity index (χ4v) is 6.03. The predicted octanol–water partition coefficient (Wildman–Crippen LogP) is 3.43. The number of aromatic nitrogens is 3. The van der Waals surface area contributed by atoms with Gasteiger partial charge in [-0.05, 0) is 20.0 Å². The molecule has 1 aliphatic carbocycles. The summed E-state index contributed by atoms with van der Waals surface area (Å²) in [5.74, 6) is -3.85. The highest BCUT2D eigenvalue weighted by Crippen LogP contribution is 2.52. The lowest BCUT2D eigenvalue weighted by Gasteiger charge is -2.35. The van der Waals surface area contributed by atoms with Crippen molar-refractivity contribution in [1.82, 2.24) is 20.0 Å². The minimum Gasteiger partial charge on any atom is -0.389 e. The van der Waals surface area contributed by atoms with Crippen LogP contribution in [0.15, 0.2) is 16.7 Å². The number of likely N-dealkylation sites (N-methyl/N-ethyl adjacent to an activating group) is 1. The first kappa shape index (κ1) is 22.6. The molecule has 1 atom stereocenters. The Morgan fingerprint density at radius 1 is 1.21 bits per heavy atom. The van der Waals surface area contributed by atoms with Crippen LogP contribution in [-0.2, 0) is 11.8 Å². The third-order valence-electron chi connectivity index (χ3n) is 6.48. The highest BCUT2D eigenvalue weighted by Gasteiger charge is 2.53. The molecule has 4 heterocycles. The van der Waals surface area contributed by atoms with E-state index in [0.29, 0.717) is 16.1 Å². The van der Waals surface area contributed by atoms with E-state index in [-0.39, 0.29) is 28.0 Å². The number of hydrogen-bond acceptors (Lipinski definition) is 9. The van der Waals surface area contributed by atoms with Crippen LogP contribution in [0, 0.1) is 17.3 Å². The second kappa shape index (κ2) is 7.95. The molecule has 0 amide bonds. The van der Waals surface area contributed by atoms with Crippen LogP contribution < -0.4 is 10.6 Å². The lowest BCUT2D eigenvalue weighted by Crippen LogP contribution is -2.44. The van der Waals surface area contributed by atoms with Gasteiger partial charge in [-0.25, -0.2) is 13.8 Å². The first-order valence-corrected chi connectivity index (χ1v) is 11.6. The molecule has 8 nitrogen and oxygen atoms in total. The average molecular weight is 490 g/mol. The molecular formula is C22H22F3N7OS. The van der Waals surface area contributed by atoms with Gasteiger partial charge >= 0.3 is 0 Å². The van der Waals surface area contributed by atoms with E-state index >= 15 is 0 Å². The van der Waals surface area contributed by atoms with Gasteiger partial charge in [-0.1, -0.05) is 5.16 Å². The molecule has 2 aliphatic rings. The number of fused-ring (bicyclic) bond motifs is 1. The van der Waals surface area contributed by atoms with Gasteiger partial charge in [0.2, 0.25) is 17.7 Å². The summed E-state index contributed by atoms with van der Waals surface area (Å²) in [6.07, 6.45) is -1.13. The van der Waals surface area contributed by atoms with Crippen molar-refractivity contribution in [2.75, 3.05) is 43.9 Å². The van der Waals surface area contributed by atoms with Crippen LogP contribution in [0.25, 0.3) is 11.5 Å². The summed E-state index contributed by atoms with van der Waals surface area (Å²) in [6.45, 7) is 4.67. The molecule has 178 valence electrons. The van der Waals surface area contributed by atoms with E-state index in [1.54, 1.807) is 6.07 Å². The minimum atomic E-state index is -3.05. The van der Waals surface area contributed by atoms with Gasteiger partial charge < -0.3 is 20.1 Å². The second-order valence-electron chi connectivity index (χ2n) is 9.04. The molecule has 1 saturated heterocycles. The van der Waals surface area contributed by atoms with E-state index in [9.17, 15) is 18.4 Å². The number of nitrogens with two attached hydrogens (primary N) is 1. The lowest BCUT2D eigenvalue weighted by molar-refractivity contribution is -0.0325. The van der Waals surface area contributed by atoms with Crippen LogP contribution in [0.1, 0.15) is 35.2 Å². The first-order valence-electron chi connectivity index (χ1n) is 10.7. The Morgan fingerprint density at radius 2 is 1.94 bits per heavy atom. The van der Waals surface area contributed by atoms with Crippen molar-refractivity contribution in [3.63, 3.8) is 0 Å². The van der Waals surface area contributed by atoms with Gasteiger partial charge in [0.25, 0.3) is 5.92 Å². The molecule has 0 bridgehead atoms. The van der Waals surface area contributed by atoms with Gasteiger partial charge in [0.15, 0.2) is 0 Å². The molecule has 0 radical (unpaired) electrons. The van der Waals surface area contributed by atoms with Crippen molar-refractivity contribution < 1.29 is 17.7 Å². The van der Waals surface area contributed by atoms with Crippen LogP contribution >= 0.6 is 11.3 Å². The standard InChI is InChI=1S/C22H22F3N7OS/c1-21(11-22(24,25)9-15-17(21)13(10-26)18(27)34-15)20-29-19(30-33-20)14-7-12(8-16(23)28-14)32-5-3-31(2)4-6-32/h7-8H,3-6,9,11,27H2,1-2H3. The van der Waals surface area contributed by atoms with Crippen molar-refractivity contribution in [2.45, 2.75) is 31.1 Å². The molecule has 1 unspecified atom stereocenters. The summed E-state index contributed by atoms with van der Waals surface area (Å²) in [5, 5.41) is 13.7. The number of nitriles is 1. The van der Waals surface area contributed by atoms with Crippen molar-refractivity contribution in [2.24, 2.45) is 0 Å². The summed E-state index contributed by atoms with van der Waals surface area (Å²) in [4.78, 5) is 12.8. The zero-order valence-electron chi connectivity index (χ0n) is 18.6. The number of hydrogen-bond donors (Lipinski definition) is 1. The molecule has 0 aromatic carbocycles. The molecule has 1 aliphatic heterocycles. The number of anilines is 2. The van der Waals surface area contributed by atoms with Crippen molar-refractivity contribution in [3.05, 3.63) is 40.0 Å². The first-order chi connectivity index (χ1) is 16.1. The van der Waals surface area contributed by atoms with Gasteiger partial charge in [-0.2, -0.15) is 14.6 Å².